The molecule has 3 heterocycles. The Morgan fingerprint density at radius 2 is 2.08 bits per heavy atom. The highest BCUT2D eigenvalue weighted by atomic mass is 16.5. The van der Waals surface area contributed by atoms with Gasteiger partial charge in [-0.15, -0.1) is 0 Å². The Morgan fingerprint density at radius 1 is 1.21 bits per heavy atom. The summed E-state index contributed by atoms with van der Waals surface area (Å²) in [5.41, 5.74) is 3.40. The minimum Gasteiger partial charge on any atom is -0.368 e. The number of hydrogen-bond donors (Lipinski definition) is 1. The summed E-state index contributed by atoms with van der Waals surface area (Å²) < 4.78 is 5.18. The van der Waals surface area contributed by atoms with Crippen molar-refractivity contribution in [2.45, 2.75) is 19.4 Å². The highest BCUT2D eigenvalue weighted by Gasteiger charge is 2.26. The number of nitrogens with zero attached hydrogens (tertiary/aromatic N) is 2. The van der Waals surface area contributed by atoms with E-state index in [1.165, 1.54) is 5.56 Å². The van der Waals surface area contributed by atoms with E-state index in [1.807, 2.05) is 24.4 Å². The molecule has 5 heteroatoms. The van der Waals surface area contributed by atoms with E-state index in [9.17, 15) is 4.79 Å². The first kappa shape index (κ1) is 14.8. The third kappa shape index (κ3) is 2.74. The molecule has 120 valence electrons. The number of aryl methyl sites for hydroxylation is 1. The molecule has 5 nitrogen and oxygen atoms in total. The van der Waals surface area contributed by atoms with Crippen molar-refractivity contribution in [2.24, 2.45) is 0 Å². The zero-order valence-electron chi connectivity index (χ0n) is 13.3. The third-order valence-electron chi connectivity index (χ3n) is 4.31. The first-order valence-electron chi connectivity index (χ1n) is 7.94. The molecule has 0 saturated carbocycles. The Kier molecular flexibility index (Phi) is 3.70. The molecule has 1 fully saturated rings. The summed E-state index contributed by atoms with van der Waals surface area (Å²) in [4.78, 5) is 20.5. The van der Waals surface area contributed by atoms with Crippen LogP contribution in [0.15, 0.2) is 48.9 Å². The largest absolute Gasteiger partial charge is 0.368 e. The van der Waals surface area contributed by atoms with Gasteiger partial charge in [-0.3, -0.25) is 9.78 Å². The van der Waals surface area contributed by atoms with Crippen molar-refractivity contribution in [1.82, 2.24) is 9.97 Å². The highest BCUT2D eigenvalue weighted by molar-refractivity contribution is 5.96. The number of anilines is 1. The molecule has 1 aliphatic heterocycles. The molecule has 4 rings (SSSR count). The second kappa shape index (κ2) is 6.02. The van der Waals surface area contributed by atoms with Gasteiger partial charge in [-0.25, -0.2) is 4.98 Å². The number of aromatic nitrogens is 2. The number of benzene rings is 1. The van der Waals surface area contributed by atoms with Crippen LogP contribution in [-0.4, -0.2) is 28.6 Å². The van der Waals surface area contributed by atoms with Crippen molar-refractivity contribution in [2.75, 3.05) is 11.9 Å². The number of fused-ring (bicyclic) bond motifs is 1. The Balaban J connectivity index is 1.63. The normalized spacial score (nSPS) is 16.6. The van der Waals surface area contributed by atoms with E-state index in [1.54, 1.807) is 12.4 Å². The van der Waals surface area contributed by atoms with E-state index in [2.05, 4.69) is 34.3 Å². The van der Waals surface area contributed by atoms with E-state index < -0.39 is 0 Å². The van der Waals surface area contributed by atoms with Crippen molar-refractivity contribution in [3.63, 3.8) is 0 Å². The maximum atomic E-state index is 11.9. The van der Waals surface area contributed by atoms with Crippen molar-refractivity contribution in [3.05, 3.63) is 54.5 Å². The molecule has 1 atom stereocenters. The standard InChI is InChI=1S/C19H17N3O2/c1-12-4-6-20-11-16(12)14-3-2-13-9-18(21-10-15(13)8-14)22-19(23)17-5-7-24-17/h2-4,6,8-11,17H,5,7H2,1H3,(H,21,22,23)/t17-/m1/s1. The average molecular weight is 319 g/mol. The molecular weight excluding hydrogens is 302 g/mol. The number of hydrogen-bond acceptors (Lipinski definition) is 4. The van der Waals surface area contributed by atoms with Gasteiger partial charge in [-0.05, 0) is 41.6 Å². The van der Waals surface area contributed by atoms with Crippen LogP contribution in [0.4, 0.5) is 5.82 Å². The maximum absolute atomic E-state index is 11.9. The third-order valence-corrected chi connectivity index (χ3v) is 4.31. The fourth-order valence-electron chi connectivity index (χ4n) is 2.79. The van der Waals surface area contributed by atoms with E-state index in [4.69, 9.17) is 4.74 Å². The lowest BCUT2D eigenvalue weighted by Crippen LogP contribution is -2.39. The van der Waals surface area contributed by atoms with Crippen LogP contribution in [0.3, 0.4) is 0 Å². The number of ether oxygens (including phenoxy) is 1. The molecule has 2 aromatic heterocycles. The monoisotopic (exact) mass is 319 g/mol. The lowest BCUT2D eigenvalue weighted by molar-refractivity contribution is -0.139. The minimum absolute atomic E-state index is 0.129. The van der Waals surface area contributed by atoms with Gasteiger partial charge in [0.2, 0.25) is 0 Å². The van der Waals surface area contributed by atoms with Gasteiger partial charge in [0.15, 0.2) is 0 Å². The molecule has 1 N–H and O–H groups in total. The highest BCUT2D eigenvalue weighted by Crippen LogP contribution is 2.27. The lowest BCUT2D eigenvalue weighted by Gasteiger charge is -2.24. The number of rotatable bonds is 3. The quantitative estimate of drug-likeness (QED) is 0.804. The first-order valence-corrected chi connectivity index (χ1v) is 7.94. The van der Waals surface area contributed by atoms with Crippen LogP contribution in [-0.2, 0) is 9.53 Å². The number of nitrogens with one attached hydrogen (secondary N) is 1. The predicted octanol–water partition coefficient (Wildman–Crippen LogP) is 3.33. The smallest absolute Gasteiger partial charge is 0.254 e. The summed E-state index contributed by atoms with van der Waals surface area (Å²) in [6.07, 6.45) is 5.88. The summed E-state index contributed by atoms with van der Waals surface area (Å²) >= 11 is 0. The Morgan fingerprint density at radius 3 is 2.83 bits per heavy atom. The van der Waals surface area contributed by atoms with E-state index in [0.29, 0.717) is 12.4 Å². The Hall–Kier alpha value is -2.79. The SMILES string of the molecule is Cc1ccncc1-c1ccc2cc(NC(=O)[C@H]3CCO3)ncc2c1. The molecule has 3 aromatic rings. The number of carbonyl (C=O) groups is 1. The van der Waals surface area contributed by atoms with Crippen molar-refractivity contribution >= 4 is 22.5 Å². The predicted molar refractivity (Wildman–Crippen MR) is 92.7 cm³/mol. The van der Waals surface area contributed by atoms with Crippen LogP contribution in [0, 0.1) is 6.92 Å². The van der Waals surface area contributed by atoms with Gasteiger partial charge in [0, 0.05) is 36.0 Å². The summed E-state index contributed by atoms with van der Waals surface area (Å²) in [5, 5.41) is 4.86. The fourth-order valence-corrected chi connectivity index (χ4v) is 2.79. The zero-order chi connectivity index (χ0) is 16.5. The number of carbonyl (C=O) groups excluding carboxylic acids is 1. The van der Waals surface area contributed by atoms with E-state index in [-0.39, 0.29) is 12.0 Å². The summed E-state index contributed by atoms with van der Waals surface area (Å²) in [6.45, 7) is 2.72. The van der Waals surface area contributed by atoms with Gasteiger partial charge < -0.3 is 10.1 Å². The fraction of sp³-hybridized carbons (Fsp3) is 0.211. The molecule has 0 unspecified atom stereocenters. The second-order valence-corrected chi connectivity index (χ2v) is 5.96. The molecular formula is C19H17N3O2. The van der Waals surface area contributed by atoms with Gasteiger partial charge in [-0.1, -0.05) is 12.1 Å². The van der Waals surface area contributed by atoms with Crippen molar-refractivity contribution < 1.29 is 9.53 Å². The molecule has 1 aromatic carbocycles. The van der Waals surface area contributed by atoms with Crippen LogP contribution in [0.2, 0.25) is 0 Å². The molecule has 0 bridgehead atoms. The van der Waals surface area contributed by atoms with Crippen LogP contribution in [0.5, 0.6) is 0 Å². The lowest BCUT2D eigenvalue weighted by atomic mass is 10.0. The summed E-state index contributed by atoms with van der Waals surface area (Å²) in [5.74, 6) is 0.420. The molecule has 0 aliphatic carbocycles. The molecule has 0 spiro atoms. The zero-order valence-corrected chi connectivity index (χ0v) is 13.3. The van der Waals surface area contributed by atoms with Gasteiger partial charge in [0.25, 0.3) is 5.91 Å². The van der Waals surface area contributed by atoms with Gasteiger partial charge in [0.05, 0.1) is 6.61 Å². The molecule has 24 heavy (non-hydrogen) atoms. The first-order chi connectivity index (χ1) is 11.7. The van der Waals surface area contributed by atoms with Crippen LogP contribution >= 0.6 is 0 Å². The topological polar surface area (TPSA) is 64.1 Å². The van der Waals surface area contributed by atoms with Gasteiger partial charge >= 0.3 is 0 Å². The van der Waals surface area contributed by atoms with Crippen LogP contribution in [0.1, 0.15) is 12.0 Å². The van der Waals surface area contributed by atoms with Crippen molar-refractivity contribution in [3.8, 4) is 11.1 Å². The van der Waals surface area contributed by atoms with Crippen molar-refractivity contribution in [1.29, 1.82) is 0 Å². The maximum Gasteiger partial charge on any atom is 0.254 e. The van der Waals surface area contributed by atoms with Gasteiger partial charge in [0.1, 0.15) is 11.9 Å². The summed E-state index contributed by atoms with van der Waals surface area (Å²) in [7, 11) is 0. The second-order valence-electron chi connectivity index (χ2n) is 5.96. The summed E-state index contributed by atoms with van der Waals surface area (Å²) in [6, 6.07) is 10.1. The van der Waals surface area contributed by atoms with E-state index >= 15 is 0 Å². The number of amides is 1. The average Bonchev–Trinajstić information content (AvgIpc) is 2.53. The molecule has 1 amide bonds. The Labute approximate surface area is 139 Å². The molecule has 1 aliphatic rings. The molecule has 1 saturated heterocycles. The van der Waals surface area contributed by atoms with Crippen LogP contribution in [0.25, 0.3) is 21.9 Å². The Bertz CT molecular complexity index is 919. The minimum atomic E-state index is -0.335. The van der Waals surface area contributed by atoms with E-state index in [0.717, 1.165) is 28.3 Å². The molecule has 0 radical (unpaired) electrons. The number of pyridine rings is 2. The van der Waals surface area contributed by atoms with Crippen LogP contribution < -0.4 is 5.32 Å². The van der Waals surface area contributed by atoms with Gasteiger partial charge in [-0.2, -0.15) is 0 Å².